The second kappa shape index (κ2) is 8.83. The van der Waals surface area contributed by atoms with Crippen molar-refractivity contribution in [3.8, 4) is 0 Å². The molecule has 3 nitrogen and oxygen atoms in total. The van der Waals surface area contributed by atoms with Crippen molar-refractivity contribution in [2.75, 3.05) is 0 Å². The van der Waals surface area contributed by atoms with Gasteiger partial charge in [0, 0.05) is 0 Å². The summed E-state index contributed by atoms with van der Waals surface area (Å²) in [5.41, 5.74) is 2.02. The summed E-state index contributed by atoms with van der Waals surface area (Å²) in [6.45, 7) is 4.01. The Labute approximate surface area is 135 Å². The van der Waals surface area contributed by atoms with Crippen molar-refractivity contribution < 1.29 is 12.6 Å². The van der Waals surface area contributed by atoms with Crippen LogP contribution >= 0.6 is 0 Å². The van der Waals surface area contributed by atoms with Gasteiger partial charge in [0.15, 0.2) is 0 Å². The molecule has 2 aromatic rings. The van der Waals surface area contributed by atoms with Gasteiger partial charge in [-0.05, 0) is 24.0 Å². The zero-order chi connectivity index (χ0) is 15.8. The summed E-state index contributed by atoms with van der Waals surface area (Å²) in [5, 5.41) is 0. The van der Waals surface area contributed by atoms with E-state index in [0.29, 0.717) is 0 Å². The van der Waals surface area contributed by atoms with Crippen molar-refractivity contribution in [1.82, 2.24) is 0 Å². The molecule has 0 aliphatic rings. The van der Waals surface area contributed by atoms with Crippen molar-refractivity contribution in [1.29, 1.82) is 0 Å². The van der Waals surface area contributed by atoms with Crippen molar-refractivity contribution in [2.24, 2.45) is 0 Å². The predicted octanol–water partition coefficient (Wildman–Crippen LogP) is 4.90. The summed E-state index contributed by atoms with van der Waals surface area (Å²) in [6, 6.07) is 19.6. The van der Waals surface area contributed by atoms with E-state index in [1.165, 1.54) is 0 Å². The molecule has 0 saturated carbocycles. The van der Waals surface area contributed by atoms with Crippen LogP contribution in [0.25, 0.3) is 0 Å². The third-order valence-corrected chi connectivity index (χ3v) is 4.25. The molecule has 0 bridgehead atoms. The van der Waals surface area contributed by atoms with Crippen LogP contribution in [0.15, 0.2) is 60.7 Å². The van der Waals surface area contributed by atoms with Gasteiger partial charge in [0.05, 0.1) is 0 Å². The highest BCUT2D eigenvalue weighted by molar-refractivity contribution is 7.75. The maximum Gasteiger partial charge on any atom is 0.305 e. The van der Waals surface area contributed by atoms with E-state index in [9.17, 15) is 4.21 Å². The zero-order valence-electron chi connectivity index (χ0n) is 13.0. The lowest BCUT2D eigenvalue weighted by atomic mass is 10.1. The van der Waals surface area contributed by atoms with Crippen LogP contribution in [0.3, 0.4) is 0 Å². The first-order valence-corrected chi connectivity index (χ1v) is 8.60. The lowest BCUT2D eigenvalue weighted by molar-refractivity contribution is 0.143. The lowest BCUT2D eigenvalue weighted by Crippen LogP contribution is -2.12. The number of benzene rings is 2. The molecule has 2 atom stereocenters. The molecule has 0 amide bonds. The second-order valence-electron chi connectivity index (χ2n) is 5.01. The molecule has 0 aromatic heterocycles. The topological polar surface area (TPSA) is 35.5 Å². The molecule has 22 heavy (non-hydrogen) atoms. The standard InChI is InChI=1S/C18H22O3S/c1-3-17(15-11-7-5-8-12-15)20-22(19)21-18(4-2)16-13-9-6-10-14-16/h5-14,17-18H,3-4H2,1-2H3. The molecule has 0 radical (unpaired) electrons. The largest absolute Gasteiger partial charge is 0.305 e. The number of hydrogen-bond donors (Lipinski definition) is 0. The third-order valence-electron chi connectivity index (χ3n) is 3.47. The summed E-state index contributed by atoms with van der Waals surface area (Å²) in [5.74, 6) is 0. The van der Waals surface area contributed by atoms with Crippen LogP contribution in [0, 0.1) is 0 Å². The molecule has 0 N–H and O–H groups in total. The van der Waals surface area contributed by atoms with Gasteiger partial charge < -0.3 is 0 Å². The van der Waals surface area contributed by atoms with Gasteiger partial charge in [-0.2, -0.15) is 4.21 Å². The molecule has 0 saturated heterocycles. The fourth-order valence-electron chi connectivity index (χ4n) is 2.27. The van der Waals surface area contributed by atoms with E-state index >= 15 is 0 Å². The fraction of sp³-hybridized carbons (Fsp3) is 0.333. The highest BCUT2D eigenvalue weighted by atomic mass is 32.2. The maximum atomic E-state index is 12.2. The van der Waals surface area contributed by atoms with Gasteiger partial charge in [-0.15, -0.1) is 0 Å². The van der Waals surface area contributed by atoms with E-state index in [1.807, 2.05) is 74.5 Å². The van der Waals surface area contributed by atoms with E-state index in [1.54, 1.807) is 0 Å². The summed E-state index contributed by atoms with van der Waals surface area (Å²) < 4.78 is 23.4. The smallest absolute Gasteiger partial charge is 0.260 e. The van der Waals surface area contributed by atoms with Crippen molar-refractivity contribution in [2.45, 2.75) is 38.9 Å². The molecule has 0 aliphatic carbocycles. The third kappa shape index (κ3) is 4.77. The van der Waals surface area contributed by atoms with Gasteiger partial charge in [-0.3, -0.25) is 8.37 Å². The van der Waals surface area contributed by atoms with Crippen LogP contribution in [0.4, 0.5) is 0 Å². The normalized spacial score (nSPS) is 15.2. The van der Waals surface area contributed by atoms with Crippen LogP contribution in [-0.4, -0.2) is 4.21 Å². The molecule has 0 spiro atoms. The van der Waals surface area contributed by atoms with Gasteiger partial charge in [0.2, 0.25) is 0 Å². The lowest BCUT2D eigenvalue weighted by Gasteiger charge is -2.18. The maximum absolute atomic E-state index is 12.2. The molecule has 0 aliphatic heterocycles. The Balaban J connectivity index is 1.99. The molecule has 2 aromatic carbocycles. The van der Waals surface area contributed by atoms with Gasteiger partial charge in [-0.25, -0.2) is 0 Å². The molecule has 2 unspecified atom stereocenters. The molecule has 0 fully saturated rings. The summed E-state index contributed by atoms with van der Waals surface area (Å²) in [6.07, 6.45) is 1.02. The number of hydrogen-bond acceptors (Lipinski definition) is 3. The summed E-state index contributed by atoms with van der Waals surface area (Å²) >= 11 is -1.78. The minimum atomic E-state index is -1.78. The fourth-order valence-corrected chi connectivity index (χ4v) is 3.19. The second-order valence-corrected chi connectivity index (χ2v) is 5.80. The number of rotatable bonds is 8. The Hall–Kier alpha value is -1.49. The van der Waals surface area contributed by atoms with E-state index in [4.69, 9.17) is 8.37 Å². The van der Waals surface area contributed by atoms with Gasteiger partial charge in [0.1, 0.15) is 12.2 Å². The quantitative estimate of drug-likeness (QED) is 0.694. The highest BCUT2D eigenvalue weighted by Gasteiger charge is 2.19. The van der Waals surface area contributed by atoms with E-state index < -0.39 is 11.4 Å². The first-order valence-electron chi connectivity index (χ1n) is 7.60. The van der Waals surface area contributed by atoms with Gasteiger partial charge in [0.25, 0.3) is 0 Å². The summed E-state index contributed by atoms with van der Waals surface area (Å²) in [4.78, 5) is 0. The average molecular weight is 318 g/mol. The van der Waals surface area contributed by atoms with E-state index in [2.05, 4.69) is 0 Å². The van der Waals surface area contributed by atoms with Crippen LogP contribution in [-0.2, 0) is 19.7 Å². The minimum Gasteiger partial charge on any atom is -0.260 e. The first kappa shape index (κ1) is 16.9. The molecular formula is C18H22O3S. The molecule has 0 heterocycles. The Bertz CT molecular complexity index is 520. The van der Waals surface area contributed by atoms with Crippen LogP contribution in [0.5, 0.6) is 0 Å². The monoisotopic (exact) mass is 318 g/mol. The van der Waals surface area contributed by atoms with Crippen LogP contribution in [0.1, 0.15) is 50.0 Å². The van der Waals surface area contributed by atoms with Crippen LogP contribution < -0.4 is 0 Å². The molecular weight excluding hydrogens is 296 g/mol. The van der Waals surface area contributed by atoms with E-state index in [0.717, 1.165) is 24.0 Å². The predicted molar refractivity (Wildman–Crippen MR) is 89.3 cm³/mol. The van der Waals surface area contributed by atoms with Gasteiger partial charge >= 0.3 is 11.4 Å². The molecule has 118 valence electrons. The average Bonchev–Trinajstić information content (AvgIpc) is 2.59. The molecule has 4 heteroatoms. The van der Waals surface area contributed by atoms with Crippen LogP contribution in [0.2, 0.25) is 0 Å². The van der Waals surface area contributed by atoms with E-state index in [-0.39, 0.29) is 12.2 Å². The van der Waals surface area contributed by atoms with Crippen molar-refractivity contribution in [3.63, 3.8) is 0 Å². The minimum absolute atomic E-state index is 0.227. The first-order chi connectivity index (χ1) is 10.7. The zero-order valence-corrected chi connectivity index (χ0v) is 13.8. The Morgan fingerprint density at radius 1 is 0.773 bits per heavy atom. The van der Waals surface area contributed by atoms with Crippen molar-refractivity contribution >= 4 is 11.4 Å². The highest BCUT2D eigenvalue weighted by Crippen LogP contribution is 2.26. The van der Waals surface area contributed by atoms with Crippen molar-refractivity contribution in [3.05, 3.63) is 71.8 Å². The Morgan fingerprint density at radius 3 is 1.45 bits per heavy atom. The Kier molecular flexibility index (Phi) is 6.77. The molecule has 2 rings (SSSR count). The summed E-state index contributed by atoms with van der Waals surface area (Å²) in [7, 11) is 0. The van der Waals surface area contributed by atoms with Gasteiger partial charge in [-0.1, -0.05) is 74.5 Å². The Morgan fingerprint density at radius 2 is 1.14 bits per heavy atom. The SMILES string of the molecule is CCC(OS(=O)OC(CC)c1ccccc1)c1ccccc1.